The van der Waals surface area contributed by atoms with Gasteiger partial charge in [-0.2, -0.15) is 0 Å². The summed E-state index contributed by atoms with van der Waals surface area (Å²) in [6.45, 7) is 1.88. The lowest BCUT2D eigenvalue weighted by molar-refractivity contribution is -0.116. The number of rotatable bonds is 6. The van der Waals surface area contributed by atoms with Crippen LogP contribution in [0, 0.1) is 0 Å². The highest BCUT2D eigenvalue weighted by Gasteiger charge is 2.16. The second kappa shape index (κ2) is 5.65. The van der Waals surface area contributed by atoms with E-state index in [2.05, 4.69) is 10.0 Å². The Labute approximate surface area is 100 Å². The zero-order chi connectivity index (χ0) is 12.9. The number of nitrogens with one attached hydrogen (secondary N) is 2. The Morgan fingerprint density at radius 3 is 2.59 bits per heavy atom. The molecule has 0 saturated carbocycles. The molecule has 0 spiro atoms. The highest BCUT2D eigenvalue weighted by molar-refractivity contribution is 7.89. The molecule has 17 heavy (non-hydrogen) atoms. The molecule has 1 aromatic carbocycles. The number of carbonyl (C=O) groups is 1. The Morgan fingerprint density at radius 2 is 2.00 bits per heavy atom. The summed E-state index contributed by atoms with van der Waals surface area (Å²) in [5.74, 6) is -0.555. The molecule has 0 aliphatic rings. The standard InChI is InChI=1S/C10H15N3O3S/c1-2-13-17(15,16)9-6-4-3-5-8(9)12-7-10(11)14/h3-6,12-13H,2,7H2,1H3,(H2,11,14). The molecule has 0 saturated heterocycles. The highest BCUT2D eigenvalue weighted by Crippen LogP contribution is 2.19. The average molecular weight is 257 g/mol. The molecule has 0 radical (unpaired) electrons. The summed E-state index contributed by atoms with van der Waals surface area (Å²) in [5.41, 5.74) is 5.35. The molecule has 0 fully saturated rings. The second-order valence-corrected chi connectivity index (χ2v) is 5.05. The van der Waals surface area contributed by atoms with Crippen molar-refractivity contribution < 1.29 is 13.2 Å². The molecule has 0 unspecified atom stereocenters. The molecule has 1 amide bonds. The van der Waals surface area contributed by atoms with Gasteiger partial charge in [-0.1, -0.05) is 19.1 Å². The predicted molar refractivity (Wildman–Crippen MR) is 65.0 cm³/mol. The summed E-state index contributed by atoms with van der Waals surface area (Å²) in [6.07, 6.45) is 0. The number of para-hydroxylation sites is 1. The lowest BCUT2D eigenvalue weighted by Crippen LogP contribution is -2.26. The van der Waals surface area contributed by atoms with Crippen LogP contribution in [-0.2, 0) is 14.8 Å². The first-order valence-electron chi connectivity index (χ1n) is 5.08. The molecule has 0 aliphatic carbocycles. The van der Waals surface area contributed by atoms with Gasteiger partial charge in [0.2, 0.25) is 15.9 Å². The maximum absolute atomic E-state index is 11.8. The molecule has 7 heteroatoms. The van der Waals surface area contributed by atoms with Crippen molar-refractivity contribution in [1.82, 2.24) is 4.72 Å². The van der Waals surface area contributed by atoms with Crippen LogP contribution in [0.3, 0.4) is 0 Å². The third kappa shape index (κ3) is 3.72. The fraction of sp³-hybridized carbons (Fsp3) is 0.300. The zero-order valence-electron chi connectivity index (χ0n) is 9.43. The van der Waals surface area contributed by atoms with Gasteiger partial charge < -0.3 is 11.1 Å². The minimum Gasteiger partial charge on any atom is -0.375 e. The Balaban J connectivity index is 3.03. The minimum absolute atomic E-state index is 0.100. The van der Waals surface area contributed by atoms with Crippen molar-refractivity contribution in [2.75, 3.05) is 18.4 Å². The number of nitrogens with two attached hydrogens (primary N) is 1. The van der Waals surface area contributed by atoms with Crippen LogP contribution in [0.25, 0.3) is 0 Å². The van der Waals surface area contributed by atoms with Gasteiger partial charge in [0.1, 0.15) is 4.90 Å². The van der Waals surface area contributed by atoms with E-state index in [1.165, 1.54) is 6.07 Å². The first kappa shape index (κ1) is 13.5. The molecular formula is C10H15N3O3S. The topological polar surface area (TPSA) is 101 Å². The van der Waals surface area contributed by atoms with E-state index in [0.717, 1.165) is 0 Å². The molecule has 0 heterocycles. The smallest absolute Gasteiger partial charge is 0.242 e. The molecule has 0 atom stereocenters. The van der Waals surface area contributed by atoms with Gasteiger partial charge in [0, 0.05) is 6.54 Å². The predicted octanol–water partition coefficient (Wildman–Crippen LogP) is -0.118. The molecule has 0 aromatic heterocycles. The van der Waals surface area contributed by atoms with E-state index < -0.39 is 15.9 Å². The van der Waals surface area contributed by atoms with Crippen molar-refractivity contribution in [2.45, 2.75) is 11.8 Å². The fourth-order valence-electron chi connectivity index (χ4n) is 1.30. The van der Waals surface area contributed by atoms with Crippen LogP contribution >= 0.6 is 0 Å². The summed E-state index contributed by atoms with van der Waals surface area (Å²) < 4.78 is 26.0. The molecule has 0 bridgehead atoms. The quantitative estimate of drug-likeness (QED) is 0.661. The number of anilines is 1. The van der Waals surface area contributed by atoms with Gasteiger partial charge >= 0.3 is 0 Å². The Bertz CT molecular complexity index is 499. The highest BCUT2D eigenvalue weighted by atomic mass is 32.2. The first-order valence-corrected chi connectivity index (χ1v) is 6.56. The van der Waals surface area contributed by atoms with Crippen molar-refractivity contribution in [1.29, 1.82) is 0 Å². The number of benzene rings is 1. The van der Waals surface area contributed by atoms with Crippen molar-refractivity contribution in [3.8, 4) is 0 Å². The third-order valence-electron chi connectivity index (χ3n) is 1.96. The van der Waals surface area contributed by atoms with Gasteiger partial charge in [0.15, 0.2) is 0 Å². The number of primary amides is 1. The first-order chi connectivity index (χ1) is 7.97. The average Bonchev–Trinajstić information content (AvgIpc) is 2.26. The number of amides is 1. The molecule has 1 rings (SSSR count). The van der Waals surface area contributed by atoms with Crippen molar-refractivity contribution in [3.05, 3.63) is 24.3 Å². The second-order valence-electron chi connectivity index (χ2n) is 3.32. The van der Waals surface area contributed by atoms with Crippen LogP contribution in [0.5, 0.6) is 0 Å². The number of carbonyl (C=O) groups excluding carboxylic acids is 1. The SMILES string of the molecule is CCNS(=O)(=O)c1ccccc1NCC(N)=O. The third-order valence-corrected chi connectivity index (χ3v) is 3.57. The molecule has 4 N–H and O–H groups in total. The summed E-state index contributed by atoms with van der Waals surface area (Å²) in [4.78, 5) is 10.8. The monoisotopic (exact) mass is 257 g/mol. The van der Waals surface area contributed by atoms with E-state index >= 15 is 0 Å². The Morgan fingerprint density at radius 1 is 1.35 bits per heavy atom. The van der Waals surface area contributed by atoms with Gasteiger partial charge in [-0.15, -0.1) is 0 Å². The van der Waals surface area contributed by atoms with Crippen LogP contribution in [0.2, 0.25) is 0 Å². The Kier molecular flexibility index (Phi) is 4.47. The molecular weight excluding hydrogens is 242 g/mol. The zero-order valence-corrected chi connectivity index (χ0v) is 10.3. The lowest BCUT2D eigenvalue weighted by atomic mass is 10.3. The number of hydrogen-bond donors (Lipinski definition) is 3. The summed E-state index contributed by atoms with van der Waals surface area (Å²) >= 11 is 0. The van der Waals surface area contributed by atoms with Gasteiger partial charge in [-0.25, -0.2) is 13.1 Å². The van der Waals surface area contributed by atoms with E-state index in [4.69, 9.17) is 5.73 Å². The van der Waals surface area contributed by atoms with Crippen LogP contribution in [0.1, 0.15) is 6.92 Å². The summed E-state index contributed by atoms with van der Waals surface area (Å²) in [7, 11) is -3.55. The van der Waals surface area contributed by atoms with E-state index in [1.807, 2.05) is 0 Å². The van der Waals surface area contributed by atoms with Gasteiger partial charge in [0.05, 0.1) is 12.2 Å². The van der Waals surface area contributed by atoms with Gasteiger partial charge in [-0.05, 0) is 12.1 Å². The van der Waals surface area contributed by atoms with E-state index in [9.17, 15) is 13.2 Å². The molecule has 94 valence electrons. The Hall–Kier alpha value is -1.60. The van der Waals surface area contributed by atoms with E-state index in [0.29, 0.717) is 12.2 Å². The van der Waals surface area contributed by atoms with Crippen LogP contribution < -0.4 is 15.8 Å². The number of hydrogen-bond acceptors (Lipinski definition) is 4. The maximum atomic E-state index is 11.8. The van der Waals surface area contributed by atoms with E-state index in [1.54, 1.807) is 25.1 Å². The van der Waals surface area contributed by atoms with Crippen molar-refractivity contribution in [3.63, 3.8) is 0 Å². The lowest BCUT2D eigenvalue weighted by Gasteiger charge is -2.11. The fourth-order valence-corrected chi connectivity index (χ4v) is 2.52. The summed E-state index contributed by atoms with van der Waals surface area (Å²) in [6, 6.07) is 6.32. The molecule has 0 aliphatic heterocycles. The normalized spacial score (nSPS) is 11.1. The minimum atomic E-state index is -3.55. The maximum Gasteiger partial charge on any atom is 0.242 e. The van der Waals surface area contributed by atoms with Crippen molar-refractivity contribution in [2.24, 2.45) is 5.73 Å². The largest absolute Gasteiger partial charge is 0.375 e. The molecule has 1 aromatic rings. The number of sulfonamides is 1. The van der Waals surface area contributed by atoms with Gasteiger partial charge in [-0.3, -0.25) is 4.79 Å². The van der Waals surface area contributed by atoms with Crippen LogP contribution in [0.4, 0.5) is 5.69 Å². The van der Waals surface area contributed by atoms with Crippen LogP contribution in [-0.4, -0.2) is 27.4 Å². The summed E-state index contributed by atoms with van der Waals surface area (Å²) in [5, 5.41) is 2.68. The van der Waals surface area contributed by atoms with Gasteiger partial charge in [0.25, 0.3) is 0 Å². The molecule has 6 nitrogen and oxygen atoms in total. The van der Waals surface area contributed by atoms with Crippen molar-refractivity contribution >= 4 is 21.6 Å². The van der Waals surface area contributed by atoms with E-state index in [-0.39, 0.29) is 11.4 Å². The van der Waals surface area contributed by atoms with Crippen LogP contribution in [0.15, 0.2) is 29.2 Å².